The smallest absolute Gasteiger partial charge is 0.236 e. The highest BCUT2D eigenvalue weighted by molar-refractivity contribution is 5.90. The van der Waals surface area contributed by atoms with Gasteiger partial charge in [0.15, 0.2) is 0 Å². The number of carbonyl (C=O) groups is 1. The molecule has 0 bridgehead atoms. The fourth-order valence-corrected chi connectivity index (χ4v) is 3.72. The van der Waals surface area contributed by atoms with Crippen molar-refractivity contribution in [1.82, 2.24) is 14.5 Å². The third-order valence-electron chi connectivity index (χ3n) is 4.91. The molecule has 116 valence electrons. The Balaban J connectivity index is 1.60. The van der Waals surface area contributed by atoms with Gasteiger partial charge in [0.2, 0.25) is 5.91 Å². The van der Waals surface area contributed by atoms with Gasteiger partial charge < -0.3 is 9.47 Å². The van der Waals surface area contributed by atoms with Crippen LogP contribution >= 0.6 is 0 Å². The maximum absolute atomic E-state index is 11.8. The molecule has 1 aliphatic carbocycles. The van der Waals surface area contributed by atoms with Crippen molar-refractivity contribution in [3.8, 4) is 6.07 Å². The molecule has 2 aromatic heterocycles. The standard InChI is InChI=1S/C18H18N4O/c19-8-4-17(23)21-9-6-14(7-10-21)22-11-5-13-12-20-16-3-1-2-15(16)18(13)22/h1-2,5,11-12,14H,3-4,6-7,9-10H2. The van der Waals surface area contributed by atoms with E-state index < -0.39 is 0 Å². The van der Waals surface area contributed by atoms with Crippen LogP contribution in [0.4, 0.5) is 0 Å². The zero-order valence-electron chi connectivity index (χ0n) is 12.9. The molecule has 2 aromatic rings. The average molecular weight is 306 g/mol. The van der Waals surface area contributed by atoms with Crippen LogP contribution < -0.4 is 0 Å². The molecule has 3 heterocycles. The number of nitrogens with zero attached hydrogens (tertiary/aromatic N) is 4. The number of allylic oxidation sites excluding steroid dienone is 1. The number of rotatable bonds is 2. The van der Waals surface area contributed by atoms with Crippen LogP contribution in [-0.2, 0) is 11.2 Å². The van der Waals surface area contributed by atoms with Crippen LogP contribution in [0.3, 0.4) is 0 Å². The molecule has 5 heteroatoms. The molecule has 1 aliphatic heterocycles. The molecule has 1 fully saturated rings. The van der Waals surface area contributed by atoms with Crippen LogP contribution in [-0.4, -0.2) is 33.4 Å². The summed E-state index contributed by atoms with van der Waals surface area (Å²) in [5, 5.41) is 9.84. The maximum atomic E-state index is 11.8. The molecule has 1 saturated heterocycles. The second-order valence-corrected chi connectivity index (χ2v) is 6.20. The number of aromatic nitrogens is 2. The average Bonchev–Trinajstić information content (AvgIpc) is 3.21. The SMILES string of the molecule is N#CCC(=O)N1CCC(n2ccc3cnc4c(c32)C=CC4)CC1. The second-order valence-electron chi connectivity index (χ2n) is 6.20. The molecular formula is C18H18N4O. The molecular weight excluding hydrogens is 288 g/mol. The van der Waals surface area contributed by atoms with Gasteiger partial charge in [0.1, 0.15) is 6.42 Å². The Morgan fingerprint density at radius 3 is 3.00 bits per heavy atom. The summed E-state index contributed by atoms with van der Waals surface area (Å²) in [6, 6.07) is 4.47. The first-order valence-corrected chi connectivity index (χ1v) is 8.07. The first-order chi connectivity index (χ1) is 11.3. The van der Waals surface area contributed by atoms with E-state index in [1.54, 1.807) is 0 Å². The number of nitriles is 1. The summed E-state index contributed by atoms with van der Waals surface area (Å²) in [5.74, 6) is -0.0451. The number of hydrogen-bond donors (Lipinski definition) is 0. The first-order valence-electron chi connectivity index (χ1n) is 8.07. The Hall–Kier alpha value is -2.61. The fraction of sp³-hybridized carbons (Fsp3) is 0.389. The molecule has 0 atom stereocenters. The van der Waals surface area contributed by atoms with Crippen LogP contribution in [0.1, 0.15) is 36.6 Å². The van der Waals surface area contributed by atoms with E-state index in [9.17, 15) is 4.79 Å². The first kappa shape index (κ1) is 14.0. The van der Waals surface area contributed by atoms with E-state index in [1.807, 2.05) is 17.2 Å². The molecule has 0 unspecified atom stereocenters. The molecule has 0 spiro atoms. The monoisotopic (exact) mass is 306 g/mol. The van der Waals surface area contributed by atoms with Gasteiger partial charge in [-0.05, 0) is 18.9 Å². The lowest BCUT2D eigenvalue weighted by atomic mass is 10.0. The third-order valence-corrected chi connectivity index (χ3v) is 4.91. The van der Waals surface area contributed by atoms with Crippen molar-refractivity contribution in [2.24, 2.45) is 0 Å². The molecule has 2 aliphatic rings. The highest BCUT2D eigenvalue weighted by atomic mass is 16.2. The largest absolute Gasteiger partial charge is 0.344 e. The molecule has 4 rings (SSSR count). The van der Waals surface area contributed by atoms with E-state index in [0.717, 1.165) is 38.0 Å². The third kappa shape index (κ3) is 2.31. The number of piperidine rings is 1. The van der Waals surface area contributed by atoms with E-state index in [4.69, 9.17) is 5.26 Å². The maximum Gasteiger partial charge on any atom is 0.236 e. The van der Waals surface area contributed by atoms with Crippen molar-refractivity contribution < 1.29 is 4.79 Å². The van der Waals surface area contributed by atoms with Crippen molar-refractivity contribution in [2.45, 2.75) is 31.7 Å². The highest BCUT2D eigenvalue weighted by Crippen LogP contribution is 2.32. The predicted octanol–water partition coefficient (Wildman–Crippen LogP) is 2.68. The van der Waals surface area contributed by atoms with Gasteiger partial charge in [0, 0.05) is 48.9 Å². The van der Waals surface area contributed by atoms with Crippen molar-refractivity contribution in [3.63, 3.8) is 0 Å². The molecule has 0 radical (unpaired) electrons. The number of amides is 1. The number of likely N-dealkylation sites (tertiary alicyclic amines) is 1. The van der Waals surface area contributed by atoms with Gasteiger partial charge in [-0.2, -0.15) is 5.26 Å². The van der Waals surface area contributed by atoms with Crippen LogP contribution in [0, 0.1) is 11.3 Å². The van der Waals surface area contributed by atoms with Gasteiger partial charge in [-0.25, -0.2) is 0 Å². The van der Waals surface area contributed by atoms with E-state index in [-0.39, 0.29) is 12.3 Å². The zero-order valence-corrected chi connectivity index (χ0v) is 12.9. The summed E-state index contributed by atoms with van der Waals surface area (Å²) in [5.41, 5.74) is 3.67. The summed E-state index contributed by atoms with van der Waals surface area (Å²) in [7, 11) is 0. The van der Waals surface area contributed by atoms with Gasteiger partial charge in [-0.3, -0.25) is 9.78 Å². The van der Waals surface area contributed by atoms with Gasteiger partial charge >= 0.3 is 0 Å². The lowest BCUT2D eigenvalue weighted by Gasteiger charge is -2.33. The summed E-state index contributed by atoms with van der Waals surface area (Å²) in [4.78, 5) is 18.2. The van der Waals surface area contributed by atoms with Crippen molar-refractivity contribution in [2.75, 3.05) is 13.1 Å². The van der Waals surface area contributed by atoms with Gasteiger partial charge in [0.25, 0.3) is 0 Å². The number of pyridine rings is 1. The van der Waals surface area contributed by atoms with Crippen LogP contribution in [0.5, 0.6) is 0 Å². The normalized spacial score (nSPS) is 17.4. The van der Waals surface area contributed by atoms with Crippen LogP contribution in [0.25, 0.3) is 17.0 Å². The number of carbonyl (C=O) groups excluding carboxylic acids is 1. The van der Waals surface area contributed by atoms with E-state index in [2.05, 4.69) is 34.0 Å². The minimum Gasteiger partial charge on any atom is -0.344 e. The molecule has 0 saturated carbocycles. The summed E-state index contributed by atoms with van der Waals surface area (Å²) in [6.07, 6.45) is 11.2. The van der Waals surface area contributed by atoms with E-state index in [1.165, 1.54) is 16.5 Å². The minimum atomic E-state index is -0.0451. The highest BCUT2D eigenvalue weighted by Gasteiger charge is 2.25. The van der Waals surface area contributed by atoms with Gasteiger partial charge in [-0.1, -0.05) is 12.2 Å². The topological polar surface area (TPSA) is 61.9 Å². The predicted molar refractivity (Wildman–Crippen MR) is 87.6 cm³/mol. The Morgan fingerprint density at radius 2 is 2.22 bits per heavy atom. The quantitative estimate of drug-likeness (QED) is 0.857. The van der Waals surface area contributed by atoms with Gasteiger partial charge in [-0.15, -0.1) is 0 Å². The summed E-state index contributed by atoms with van der Waals surface area (Å²) >= 11 is 0. The van der Waals surface area contributed by atoms with Crippen molar-refractivity contribution in [3.05, 3.63) is 35.8 Å². The lowest BCUT2D eigenvalue weighted by molar-refractivity contribution is -0.131. The van der Waals surface area contributed by atoms with Crippen LogP contribution in [0.15, 0.2) is 24.5 Å². The fourth-order valence-electron chi connectivity index (χ4n) is 3.72. The Morgan fingerprint density at radius 1 is 1.39 bits per heavy atom. The Labute approximate surface area is 134 Å². The van der Waals surface area contributed by atoms with Gasteiger partial charge in [0.05, 0.1) is 17.3 Å². The molecule has 0 aromatic carbocycles. The summed E-state index contributed by atoms with van der Waals surface area (Å²) < 4.78 is 2.36. The Kier molecular flexibility index (Phi) is 3.38. The second kappa shape index (κ2) is 5.54. The molecule has 0 N–H and O–H groups in total. The molecule has 5 nitrogen and oxygen atoms in total. The van der Waals surface area contributed by atoms with Crippen LogP contribution in [0.2, 0.25) is 0 Å². The van der Waals surface area contributed by atoms with E-state index >= 15 is 0 Å². The molecule has 1 amide bonds. The summed E-state index contributed by atoms with van der Waals surface area (Å²) in [6.45, 7) is 1.46. The Bertz CT molecular complexity index is 835. The lowest BCUT2D eigenvalue weighted by Crippen LogP contribution is -2.38. The zero-order chi connectivity index (χ0) is 15.8. The van der Waals surface area contributed by atoms with Crippen molar-refractivity contribution in [1.29, 1.82) is 5.26 Å². The number of fused-ring (bicyclic) bond motifs is 3. The molecule has 23 heavy (non-hydrogen) atoms. The van der Waals surface area contributed by atoms with Crippen molar-refractivity contribution >= 4 is 22.9 Å². The minimum absolute atomic E-state index is 0.0128. The van der Waals surface area contributed by atoms with E-state index in [0.29, 0.717) is 6.04 Å². The number of hydrogen-bond acceptors (Lipinski definition) is 3.